The largest absolute Gasteiger partial charge is 0.348 e. The quantitative estimate of drug-likeness (QED) is 0.713. The van der Waals surface area contributed by atoms with E-state index in [0.29, 0.717) is 5.69 Å². The van der Waals surface area contributed by atoms with Gasteiger partial charge in [-0.15, -0.1) is 0 Å². The van der Waals surface area contributed by atoms with Crippen molar-refractivity contribution in [2.75, 3.05) is 5.32 Å². The second kappa shape index (κ2) is 8.23. The predicted molar refractivity (Wildman–Crippen MR) is 98.4 cm³/mol. The van der Waals surface area contributed by atoms with E-state index in [1.54, 1.807) is 0 Å². The Morgan fingerprint density at radius 2 is 1.37 bits per heavy atom. The molecule has 0 atom stereocenters. The number of nitrogens with one attached hydrogen (secondary N) is 2. The van der Waals surface area contributed by atoms with E-state index < -0.39 is 23.4 Å². The van der Waals surface area contributed by atoms with Crippen LogP contribution in [0, 0.1) is 11.6 Å². The lowest BCUT2D eigenvalue weighted by Crippen LogP contribution is -2.25. The van der Waals surface area contributed by atoms with Crippen molar-refractivity contribution in [3.8, 4) is 0 Å². The van der Waals surface area contributed by atoms with E-state index in [9.17, 15) is 18.4 Å². The van der Waals surface area contributed by atoms with Crippen molar-refractivity contribution in [2.24, 2.45) is 0 Å². The van der Waals surface area contributed by atoms with Crippen LogP contribution in [0.3, 0.4) is 0 Å². The van der Waals surface area contributed by atoms with Crippen LogP contribution < -0.4 is 10.6 Å². The number of carbonyl (C=O) groups excluding carboxylic acids is 2. The maximum Gasteiger partial charge on any atom is 0.258 e. The van der Waals surface area contributed by atoms with Gasteiger partial charge in [-0.3, -0.25) is 9.59 Å². The Bertz CT molecular complexity index is 958. The van der Waals surface area contributed by atoms with Crippen LogP contribution in [-0.4, -0.2) is 11.8 Å². The van der Waals surface area contributed by atoms with Crippen LogP contribution in [0.15, 0.2) is 72.8 Å². The molecule has 0 heterocycles. The molecular formula is C21H16F2N2O2. The summed E-state index contributed by atoms with van der Waals surface area (Å²) < 4.78 is 27.6. The Kier molecular flexibility index (Phi) is 5.56. The summed E-state index contributed by atoms with van der Waals surface area (Å²) in [6.07, 6.45) is 0. The van der Waals surface area contributed by atoms with Crippen LogP contribution >= 0.6 is 0 Å². The molecule has 0 aliphatic heterocycles. The molecule has 0 saturated carbocycles. The fourth-order valence-corrected chi connectivity index (χ4v) is 2.49. The first kappa shape index (κ1) is 18.3. The molecule has 3 aromatic carbocycles. The molecule has 2 N–H and O–H groups in total. The van der Waals surface area contributed by atoms with Crippen molar-refractivity contribution in [3.63, 3.8) is 0 Å². The molecule has 0 bridgehead atoms. The zero-order chi connectivity index (χ0) is 19.2. The predicted octanol–water partition coefficient (Wildman–Crippen LogP) is 4.15. The molecule has 0 unspecified atom stereocenters. The molecule has 3 aromatic rings. The standard InChI is InChI=1S/C21H16F2N2O2/c22-15-9-11-16(12-10-15)25-21(27)18-8-4-7-17(19(18)23)20(26)24-13-14-5-2-1-3-6-14/h1-12H,13H2,(H,24,26)(H,25,27). The summed E-state index contributed by atoms with van der Waals surface area (Å²) in [5, 5.41) is 5.10. The summed E-state index contributed by atoms with van der Waals surface area (Å²) in [7, 11) is 0. The van der Waals surface area contributed by atoms with Gasteiger partial charge in [-0.2, -0.15) is 0 Å². The smallest absolute Gasteiger partial charge is 0.258 e. The van der Waals surface area contributed by atoms with E-state index in [1.807, 2.05) is 30.3 Å². The lowest BCUT2D eigenvalue weighted by Gasteiger charge is -2.10. The number of hydrogen-bond acceptors (Lipinski definition) is 2. The molecule has 0 spiro atoms. The maximum absolute atomic E-state index is 14.7. The van der Waals surface area contributed by atoms with Gasteiger partial charge in [0.25, 0.3) is 11.8 Å². The van der Waals surface area contributed by atoms with Gasteiger partial charge in [-0.25, -0.2) is 8.78 Å². The second-order valence-electron chi connectivity index (χ2n) is 5.80. The molecule has 2 amide bonds. The highest BCUT2D eigenvalue weighted by Crippen LogP contribution is 2.16. The molecule has 4 nitrogen and oxygen atoms in total. The van der Waals surface area contributed by atoms with Crippen molar-refractivity contribution in [3.05, 3.63) is 101 Å². The maximum atomic E-state index is 14.7. The molecule has 0 saturated heterocycles. The van der Waals surface area contributed by atoms with Crippen LogP contribution in [0.2, 0.25) is 0 Å². The summed E-state index contributed by atoms with van der Waals surface area (Å²) in [5.74, 6) is -2.71. The van der Waals surface area contributed by atoms with Crippen molar-refractivity contribution < 1.29 is 18.4 Å². The first-order valence-corrected chi connectivity index (χ1v) is 8.22. The molecule has 0 aliphatic rings. The lowest BCUT2D eigenvalue weighted by molar-refractivity contribution is 0.0946. The van der Waals surface area contributed by atoms with Crippen molar-refractivity contribution in [2.45, 2.75) is 6.54 Å². The van der Waals surface area contributed by atoms with Gasteiger partial charge in [0.15, 0.2) is 0 Å². The number of benzene rings is 3. The number of amides is 2. The Labute approximate surface area is 154 Å². The molecular weight excluding hydrogens is 350 g/mol. The normalized spacial score (nSPS) is 10.3. The highest BCUT2D eigenvalue weighted by Gasteiger charge is 2.19. The number of rotatable bonds is 5. The summed E-state index contributed by atoms with van der Waals surface area (Å²) in [5.41, 5.74) is 0.695. The number of hydrogen-bond donors (Lipinski definition) is 2. The van der Waals surface area contributed by atoms with Gasteiger partial charge in [0, 0.05) is 12.2 Å². The van der Waals surface area contributed by atoms with Gasteiger partial charge >= 0.3 is 0 Å². The first-order valence-electron chi connectivity index (χ1n) is 8.22. The number of carbonyl (C=O) groups is 2. The molecule has 3 rings (SSSR count). The number of anilines is 1. The molecule has 0 fully saturated rings. The first-order chi connectivity index (χ1) is 13.0. The van der Waals surface area contributed by atoms with E-state index in [4.69, 9.17) is 0 Å². The topological polar surface area (TPSA) is 58.2 Å². The highest BCUT2D eigenvalue weighted by molar-refractivity contribution is 6.06. The average molecular weight is 366 g/mol. The fourth-order valence-electron chi connectivity index (χ4n) is 2.49. The number of halogens is 2. The Morgan fingerprint density at radius 3 is 2.04 bits per heavy atom. The Hall–Kier alpha value is -3.54. The third-order valence-corrected chi connectivity index (χ3v) is 3.89. The van der Waals surface area contributed by atoms with E-state index in [0.717, 1.165) is 5.56 Å². The zero-order valence-electron chi connectivity index (χ0n) is 14.2. The van der Waals surface area contributed by atoms with Gasteiger partial charge in [-0.1, -0.05) is 36.4 Å². The van der Waals surface area contributed by atoms with Gasteiger partial charge in [0.2, 0.25) is 0 Å². The van der Waals surface area contributed by atoms with E-state index in [2.05, 4.69) is 10.6 Å². The van der Waals surface area contributed by atoms with Crippen LogP contribution in [0.4, 0.5) is 14.5 Å². The van der Waals surface area contributed by atoms with E-state index in [-0.39, 0.29) is 17.7 Å². The van der Waals surface area contributed by atoms with Gasteiger partial charge in [-0.05, 0) is 42.0 Å². The summed E-state index contributed by atoms with van der Waals surface area (Å²) in [4.78, 5) is 24.6. The van der Waals surface area contributed by atoms with E-state index in [1.165, 1.54) is 42.5 Å². The minimum atomic E-state index is -0.914. The van der Waals surface area contributed by atoms with Crippen LogP contribution in [0.5, 0.6) is 0 Å². The Balaban J connectivity index is 1.73. The average Bonchev–Trinajstić information content (AvgIpc) is 2.69. The molecule has 0 aliphatic carbocycles. The SMILES string of the molecule is O=C(NCc1ccccc1)c1cccc(C(=O)Nc2ccc(F)cc2)c1F. The molecule has 0 radical (unpaired) electrons. The van der Waals surface area contributed by atoms with Gasteiger partial charge in [0.1, 0.15) is 11.6 Å². The monoisotopic (exact) mass is 366 g/mol. The van der Waals surface area contributed by atoms with E-state index >= 15 is 0 Å². The molecule has 6 heteroatoms. The zero-order valence-corrected chi connectivity index (χ0v) is 14.2. The highest BCUT2D eigenvalue weighted by atomic mass is 19.1. The third kappa shape index (κ3) is 4.55. The molecule has 27 heavy (non-hydrogen) atoms. The van der Waals surface area contributed by atoms with Crippen LogP contribution in [0.1, 0.15) is 26.3 Å². The Morgan fingerprint density at radius 1 is 0.741 bits per heavy atom. The summed E-state index contributed by atoms with van der Waals surface area (Å²) >= 11 is 0. The summed E-state index contributed by atoms with van der Waals surface area (Å²) in [6.45, 7) is 0.241. The third-order valence-electron chi connectivity index (χ3n) is 3.89. The summed E-state index contributed by atoms with van der Waals surface area (Å²) in [6, 6.07) is 18.3. The minimum Gasteiger partial charge on any atom is -0.348 e. The van der Waals surface area contributed by atoms with Crippen molar-refractivity contribution in [1.29, 1.82) is 0 Å². The van der Waals surface area contributed by atoms with Crippen LogP contribution in [-0.2, 0) is 6.54 Å². The van der Waals surface area contributed by atoms with Crippen molar-refractivity contribution in [1.82, 2.24) is 5.32 Å². The molecule has 0 aromatic heterocycles. The molecule has 136 valence electrons. The fraction of sp³-hybridized carbons (Fsp3) is 0.0476. The lowest BCUT2D eigenvalue weighted by atomic mass is 10.1. The minimum absolute atomic E-state index is 0.224. The second-order valence-corrected chi connectivity index (χ2v) is 5.80. The van der Waals surface area contributed by atoms with Gasteiger partial charge < -0.3 is 10.6 Å². The van der Waals surface area contributed by atoms with Crippen LogP contribution in [0.25, 0.3) is 0 Å². The van der Waals surface area contributed by atoms with Gasteiger partial charge in [0.05, 0.1) is 11.1 Å². The van der Waals surface area contributed by atoms with Crippen molar-refractivity contribution >= 4 is 17.5 Å².